The summed E-state index contributed by atoms with van der Waals surface area (Å²) >= 11 is 0. The van der Waals surface area contributed by atoms with Gasteiger partial charge in [0.15, 0.2) is 11.5 Å². The summed E-state index contributed by atoms with van der Waals surface area (Å²) < 4.78 is 5.46. The summed E-state index contributed by atoms with van der Waals surface area (Å²) in [5.74, 6) is -6.40. The van der Waals surface area contributed by atoms with Gasteiger partial charge in [0.1, 0.15) is 0 Å². The minimum atomic E-state index is -1.47. The summed E-state index contributed by atoms with van der Waals surface area (Å²) in [6.45, 7) is 1.93. The molecule has 0 aromatic heterocycles. The summed E-state index contributed by atoms with van der Waals surface area (Å²) in [7, 11) is 1.42. The number of allylic oxidation sites excluding steroid dienone is 2. The molecule has 4 aliphatic rings. The second kappa shape index (κ2) is 10.6. The van der Waals surface area contributed by atoms with Gasteiger partial charge in [0.2, 0.25) is 11.8 Å². The Labute approximate surface area is 264 Å². The van der Waals surface area contributed by atoms with Crippen LogP contribution in [-0.4, -0.2) is 51.8 Å². The van der Waals surface area contributed by atoms with E-state index in [0.717, 1.165) is 10.6 Å². The SMILES string of the molecule is COc1cc([C@H]2C3=CC[C@@H]4C(=O)N(C(N)=O)C(=O)[C@@H]4[C@@H]3C[C@H]3C(=O)N(Nc4ccc(C)cc4)C(=O)[C@@]23c2ccccc2)ccc1O. The minimum Gasteiger partial charge on any atom is -0.504 e. The predicted octanol–water partition coefficient (Wildman–Crippen LogP) is 3.77. The first-order valence-corrected chi connectivity index (χ1v) is 15.1. The fourth-order valence-corrected chi connectivity index (χ4v) is 8.21. The molecule has 4 N–H and O–H groups in total. The minimum absolute atomic E-state index is 0.0793. The maximum atomic E-state index is 15.1. The smallest absolute Gasteiger partial charge is 0.328 e. The van der Waals surface area contributed by atoms with Crippen molar-refractivity contribution in [1.29, 1.82) is 0 Å². The molecule has 2 saturated heterocycles. The van der Waals surface area contributed by atoms with Gasteiger partial charge in [0.25, 0.3) is 11.8 Å². The van der Waals surface area contributed by atoms with E-state index >= 15 is 4.79 Å². The van der Waals surface area contributed by atoms with Gasteiger partial charge in [-0.2, -0.15) is 9.91 Å². The van der Waals surface area contributed by atoms with Gasteiger partial charge >= 0.3 is 6.03 Å². The lowest BCUT2D eigenvalue weighted by atomic mass is 9.49. The number of nitrogens with one attached hydrogen (secondary N) is 1. The van der Waals surface area contributed by atoms with E-state index in [1.807, 2.05) is 55.5 Å². The molecule has 2 aliphatic heterocycles. The maximum absolute atomic E-state index is 15.1. The largest absolute Gasteiger partial charge is 0.504 e. The number of hydrogen-bond donors (Lipinski definition) is 3. The fourth-order valence-electron chi connectivity index (χ4n) is 8.21. The van der Waals surface area contributed by atoms with E-state index in [0.29, 0.717) is 27.3 Å². The first-order valence-electron chi connectivity index (χ1n) is 15.1. The Morgan fingerprint density at radius 2 is 1.67 bits per heavy atom. The van der Waals surface area contributed by atoms with Crippen molar-refractivity contribution in [3.05, 3.63) is 101 Å². The van der Waals surface area contributed by atoms with Gasteiger partial charge in [-0.3, -0.25) is 24.6 Å². The van der Waals surface area contributed by atoms with Crippen LogP contribution < -0.4 is 15.9 Å². The highest BCUT2D eigenvalue weighted by molar-refractivity contribution is 6.17. The Balaban J connectivity index is 1.47. The van der Waals surface area contributed by atoms with Crippen LogP contribution in [-0.2, 0) is 24.6 Å². The number of methoxy groups -OCH3 is 1. The lowest BCUT2D eigenvalue weighted by molar-refractivity contribution is -0.139. The number of anilines is 1. The number of imide groups is 4. The molecule has 46 heavy (non-hydrogen) atoms. The molecule has 0 radical (unpaired) electrons. The molecule has 7 rings (SSSR count). The van der Waals surface area contributed by atoms with Crippen LogP contribution in [0.15, 0.2) is 84.4 Å². The average Bonchev–Trinajstić information content (AvgIpc) is 3.44. The van der Waals surface area contributed by atoms with Gasteiger partial charge in [-0.25, -0.2) is 4.79 Å². The number of likely N-dealkylation sites (tertiary alicyclic amines) is 1. The summed E-state index contributed by atoms with van der Waals surface area (Å²) in [6.07, 6.45) is 2.11. The number of primary amides is 1. The fraction of sp³-hybridized carbons (Fsp3) is 0.286. The number of nitrogens with zero attached hydrogens (tertiary/aromatic N) is 2. The number of phenols is 1. The van der Waals surface area contributed by atoms with Crippen molar-refractivity contribution in [1.82, 2.24) is 9.91 Å². The van der Waals surface area contributed by atoms with Crippen LogP contribution in [0.3, 0.4) is 0 Å². The van der Waals surface area contributed by atoms with Gasteiger partial charge in [0, 0.05) is 5.92 Å². The molecule has 2 heterocycles. The molecule has 0 unspecified atom stereocenters. The van der Waals surface area contributed by atoms with Gasteiger partial charge in [-0.15, -0.1) is 0 Å². The monoisotopic (exact) mass is 620 g/mol. The third-order valence-electron chi connectivity index (χ3n) is 10.2. The zero-order valence-electron chi connectivity index (χ0n) is 25.2. The first kappa shape index (κ1) is 29.3. The zero-order valence-corrected chi connectivity index (χ0v) is 25.2. The van der Waals surface area contributed by atoms with Crippen LogP contribution in [0.1, 0.15) is 35.4 Å². The number of carbonyl (C=O) groups is 5. The number of urea groups is 1. The topological polar surface area (TPSA) is 159 Å². The predicted molar refractivity (Wildman–Crippen MR) is 165 cm³/mol. The second-order valence-electron chi connectivity index (χ2n) is 12.4. The third kappa shape index (κ3) is 4.00. The van der Waals surface area contributed by atoms with Crippen molar-refractivity contribution in [2.24, 2.45) is 29.4 Å². The van der Waals surface area contributed by atoms with E-state index in [-0.39, 0.29) is 24.3 Å². The number of carbonyl (C=O) groups excluding carboxylic acids is 5. The molecule has 0 bridgehead atoms. The molecule has 3 fully saturated rings. The van der Waals surface area contributed by atoms with Crippen LogP contribution in [0.5, 0.6) is 11.5 Å². The number of rotatable bonds is 5. The Bertz CT molecular complexity index is 1840. The lowest BCUT2D eigenvalue weighted by Crippen LogP contribution is -2.53. The number of aryl methyl sites for hydroxylation is 1. The molecular weight excluding hydrogens is 588 g/mol. The highest BCUT2D eigenvalue weighted by Gasteiger charge is 2.70. The van der Waals surface area contributed by atoms with Crippen LogP contribution in [0, 0.1) is 30.6 Å². The van der Waals surface area contributed by atoms with E-state index in [1.165, 1.54) is 13.2 Å². The number of aromatic hydroxyl groups is 1. The Morgan fingerprint density at radius 3 is 2.35 bits per heavy atom. The lowest BCUT2D eigenvalue weighted by Gasteiger charge is -2.50. The Morgan fingerprint density at radius 1 is 0.957 bits per heavy atom. The normalized spacial score (nSPS) is 28.4. The van der Waals surface area contributed by atoms with Crippen molar-refractivity contribution in [2.75, 3.05) is 12.5 Å². The summed E-state index contributed by atoms with van der Waals surface area (Å²) in [4.78, 5) is 69.3. The van der Waals surface area contributed by atoms with Gasteiger partial charge in [-0.05, 0) is 61.1 Å². The van der Waals surface area contributed by atoms with Gasteiger partial charge in [-0.1, -0.05) is 65.7 Å². The maximum Gasteiger partial charge on any atom is 0.328 e. The summed E-state index contributed by atoms with van der Waals surface area (Å²) in [5, 5.41) is 11.6. The Hall–Kier alpha value is -5.45. The van der Waals surface area contributed by atoms with Crippen LogP contribution >= 0.6 is 0 Å². The zero-order chi connectivity index (χ0) is 32.5. The van der Waals surface area contributed by atoms with Crippen molar-refractivity contribution in [2.45, 2.75) is 31.1 Å². The van der Waals surface area contributed by atoms with Crippen LogP contribution in [0.25, 0.3) is 0 Å². The van der Waals surface area contributed by atoms with E-state index in [1.54, 1.807) is 24.3 Å². The van der Waals surface area contributed by atoms with E-state index in [2.05, 4.69) is 5.43 Å². The number of amides is 6. The van der Waals surface area contributed by atoms with Crippen molar-refractivity contribution in [3.63, 3.8) is 0 Å². The second-order valence-corrected chi connectivity index (χ2v) is 12.4. The third-order valence-corrected chi connectivity index (χ3v) is 10.2. The molecule has 2 aliphatic carbocycles. The number of phenolic OH excluding ortho intramolecular Hbond substituents is 1. The molecule has 11 nitrogen and oxygen atoms in total. The standard InChI is InChI=1S/C35H32N4O7/c1-18-8-11-21(12-9-18)37-39-31(42)25-17-24-22(13-14-23-28(24)32(43)38(30(23)41)34(36)45)29(19-10-15-26(40)27(16-19)46-2)35(25,33(39)44)20-6-4-3-5-7-20/h3-13,15-16,23-25,28-29,37,40H,14,17H2,1-2H3,(H2,36,45)/t23-,24+,25-,28-,29-,35+/m0/s1. The molecule has 0 spiro atoms. The van der Waals surface area contributed by atoms with Gasteiger partial charge in [0.05, 0.1) is 36.0 Å². The van der Waals surface area contributed by atoms with Gasteiger partial charge < -0.3 is 15.6 Å². The average molecular weight is 621 g/mol. The molecule has 11 heteroatoms. The van der Waals surface area contributed by atoms with E-state index in [4.69, 9.17) is 10.5 Å². The molecule has 1 saturated carbocycles. The first-order chi connectivity index (χ1) is 22.1. The molecule has 3 aromatic rings. The Kier molecular flexibility index (Phi) is 6.73. The number of hydrogen-bond acceptors (Lipinski definition) is 8. The molecular formula is C35H32N4O7. The van der Waals surface area contributed by atoms with E-state index in [9.17, 15) is 24.3 Å². The number of ether oxygens (including phenoxy) is 1. The molecule has 234 valence electrons. The molecule has 6 atom stereocenters. The van der Waals surface area contributed by atoms with E-state index < -0.39 is 64.7 Å². The van der Waals surface area contributed by atoms with Crippen molar-refractivity contribution in [3.8, 4) is 11.5 Å². The summed E-state index contributed by atoms with van der Waals surface area (Å²) in [6, 6.07) is 20.1. The van der Waals surface area contributed by atoms with Crippen molar-refractivity contribution < 1.29 is 33.8 Å². The number of fused-ring (bicyclic) bond motifs is 4. The number of benzene rings is 3. The summed E-state index contributed by atoms with van der Waals surface area (Å²) in [5.41, 5.74) is 10.5. The highest BCUT2D eigenvalue weighted by Crippen LogP contribution is 2.64. The highest BCUT2D eigenvalue weighted by atomic mass is 16.5. The molecule has 6 amide bonds. The molecule has 3 aromatic carbocycles. The van der Waals surface area contributed by atoms with Crippen LogP contribution in [0.4, 0.5) is 10.5 Å². The number of nitrogens with two attached hydrogens (primary N) is 1. The van der Waals surface area contributed by atoms with Crippen molar-refractivity contribution >= 4 is 35.3 Å². The number of hydrazine groups is 1. The van der Waals surface area contributed by atoms with Crippen LogP contribution in [0.2, 0.25) is 0 Å². The quantitative estimate of drug-likeness (QED) is 0.287.